The van der Waals surface area contributed by atoms with Gasteiger partial charge in [0.2, 0.25) is 0 Å². The van der Waals surface area contributed by atoms with E-state index in [4.69, 9.17) is 5.73 Å². The molecule has 8 nitrogen and oxygen atoms in total. The first-order valence-corrected chi connectivity index (χ1v) is 13.1. The van der Waals surface area contributed by atoms with E-state index in [0.717, 1.165) is 31.4 Å². The minimum atomic E-state index is -0.993. The van der Waals surface area contributed by atoms with Crippen LogP contribution in [0.1, 0.15) is 43.5 Å². The van der Waals surface area contributed by atoms with E-state index in [-0.39, 0.29) is 17.8 Å². The molecule has 0 spiro atoms. The van der Waals surface area contributed by atoms with E-state index < -0.39 is 12.0 Å². The molecular weight excluding hydrogens is 495 g/mol. The van der Waals surface area contributed by atoms with Crippen LogP contribution in [0.3, 0.4) is 0 Å². The molecular formula is C30H33FN6O2. The molecule has 5 rings (SSSR count). The molecule has 0 aliphatic carbocycles. The summed E-state index contributed by atoms with van der Waals surface area (Å²) in [5.41, 5.74) is 10.8. The highest BCUT2D eigenvalue weighted by Gasteiger charge is 2.26. The van der Waals surface area contributed by atoms with Crippen LogP contribution in [0.2, 0.25) is 0 Å². The molecule has 1 unspecified atom stereocenters. The van der Waals surface area contributed by atoms with Crippen molar-refractivity contribution in [3.05, 3.63) is 72.3 Å². The standard InChI is InChI=1S/C30H33FN6O2/c1-17(2)29(38)35-21-12-13-22(23(31)15-21)26-24(25-27(32)33-16-34-28(25)36(26)4)19-8-10-20(11-9-19)30(39)37-14-6-5-7-18(37)3/h8-13,15-16,18,29,35,38H,1,5-7,14H2,2-4H3,(H2,32,33,34)/t18-,29?/m1/s1. The Morgan fingerprint density at radius 3 is 2.62 bits per heavy atom. The number of benzene rings is 2. The van der Waals surface area contributed by atoms with Gasteiger partial charge < -0.3 is 25.6 Å². The quantitative estimate of drug-likeness (QED) is 0.230. The van der Waals surface area contributed by atoms with E-state index in [1.807, 2.05) is 29.2 Å². The van der Waals surface area contributed by atoms with E-state index >= 15 is 4.39 Å². The van der Waals surface area contributed by atoms with Gasteiger partial charge in [-0.05, 0) is 74.6 Å². The molecule has 2 atom stereocenters. The van der Waals surface area contributed by atoms with E-state index in [0.29, 0.717) is 44.7 Å². The van der Waals surface area contributed by atoms with Gasteiger partial charge in [0, 0.05) is 42.0 Å². The summed E-state index contributed by atoms with van der Waals surface area (Å²) in [6, 6.07) is 12.2. The average molecular weight is 529 g/mol. The summed E-state index contributed by atoms with van der Waals surface area (Å²) in [4.78, 5) is 23.8. The smallest absolute Gasteiger partial charge is 0.254 e. The number of nitrogen functional groups attached to an aromatic ring is 1. The van der Waals surface area contributed by atoms with Crippen LogP contribution in [0.25, 0.3) is 33.4 Å². The van der Waals surface area contributed by atoms with Crippen LogP contribution in [-0.4, -0.2) is 49.3 Å². The van der Waals surface area contributed by atoms with Gasteiger partial charge in [-0.15, -0.1) is 0 Å². The van der Waals surface area contributed by atoms with Gasteiger partial charge in [0.15, 0.2) is 0 Å². The summed E-state index contributed by atoms with van der Waals surface area (Å²) in [5.74, 6) is -0.193. The highest BCUT2D eigenvalue weighted by atomic mass is 19.1. The lowest BCUT2D eigenvalue weighted by atomic mass is 9.96. The first kappa shape index (κ1) is 26.4. The summed E-state index contributed by atoms with van der Waals surface area (Å²) >= 11 is 0. The number of piperidine rings is 1. The number of aryl methyl sites for hydroxylation is 1. The molecule has 0 bridgehead atoms. The predicted octanol–water partition coefficient (Wildman–Crippen LogP) is 5.34. The van der Waals surface area contributed by atoms with Gasteiger partial charge in [0.1, 0.15) is 29.8 Å². The zero-order valence-corrected chi connectivity index (χ0v) is 22.4. The molecule has 202 valence electrons. The second kappa shape index (κ2) is 10.5. The Morgan fingerprint density at radius 2 is 1.95 bits per heavy atom. The lowest BCUT2D eigenvalue weighted by molar-refractivity contribution is 0.0635. The van der Waals surface area contributed by atoms with Gasteiger partial charge in [-0.3, -0.25) is 4.79 Å². The number of fused-ring (bicyclic) bond motifs is 1. The number of hydrogen-bond donors (Lipinski definition) is 3. The van der Waals surface area contributed by atoms with Crippen molar-refractivity contribution in [3.8, 4) is 22.4 Å². The van der Waals surface area contributed by atoms with E-state index in [9.17, 15) is 9.90 Å². The van der Waals surface area contributed by atoms with Gasteiger partial charge in [-0.1, -0.05) is 18.7 Å². The normalized spacial score (nSPS) is 16.3. The number of hydrogen-bond acceptors (Lipinski definition) is 6. The van der Waals surface area contributed by atoms with Gasteiger partial charge >= 0.3 is 0 Å². The van der Waals surface area contributed by atoms with Gasteiger partial charge in [0.05, 0.1) is 11.1 Å². The number of rotatable bonds is 6. The monoisotopic (exact) mass is 528 g/mol. The topological polar surface area (TPSA) is 109 Å². The summed E-state index contributed by atoms with van der Waals surface area (Å²) in [7, 11) is 1.81. The number of likely N-dealkylation sites (tertiary alicyclic amines) is 1. The summed E-state index contributed by atoms with van der Waals surface area (Å²) in [6.45, 7) is 8.25. The maximum Gasteiger partial charge on any atom is 0.254 e. The number of nitrogens with two attached hydrogens (primary N) is 1. The van der Waals surface area contributed by atoms with Crippen molar-refractivity contribution in [2.75, 3.05) is 17.6 Å². The molecule has 1 saturated heterocycles. The Labute approximate surface area is 227 Å². The molecule has 3 heterocycles. The van der Waals surface area contributed by atoms with Gasteiger partial charge in [-0.2, -0.15) is 0 Å². The van der Waals surface area contributed by atoms with Crippen molar-refractivity contribution in [1.82, 2.24) is 19.4 Å². The van der Waals surface area contributed by atoms with Gasteiger partial charge in [0.25, 0.3) is 5.91 Å². The molecule has 4 aromatic rings. The third-order valence-electron chi connectivity index (χ3n) is 7.48. The zero-order valence-electron chi connectivity index (χ0n) is 22.4. The third kappa shape index (κ3) is 4.85. The van der Waals surface area contributed by atoms with Crippen molar-refractivity contribution in [3.63, 3.8) is 0 Å². The molecule has 1 fully saturated rings. The molecule has 39 heavy (non-hydrogen) atoms. The number of aliphatic hydroxyl groups excluding tert-OH is 1. The maximum atomic E-state index is 15.6. The van der Waals surface area contributed by atoms with Crippen molar-refractivity contribution >= 4 is 28.4 Å². The number of carbonyl (C=O) groups is 1. The lowest BCUT2D eigenvalue weighted by Gasteiger charge is -2.33. The highest BCUT2D eigenvalue weighted by molar-refractivity contribution is 6.08. The molecule has 0 saturated carbocycles. The van der Waals surface area contributed by atoms with Crippen molar-refractivity contribution in [2.24, 2.45) is 7.05 Å². The Kier molecular flexibility index (Phi) is 7.10. The van der Waals surface area contributed by atoms with E-state index in [1.165, 1.54) is 12.4 Å². The number of nitrogens with one attached hydrogen (secondary N) is 1. The molecule has 1 aliphatic heterocycles. The van der Waals surface area contributed by atoms with Crippen LogP contribution in [0, 0.1) is 5.82 Å². The number of carbonyl (C=O) groups excluding carboxylic acids is 1. The number of aromatic nitrogens is 3. The number of aliphatic hydroxyl groups is 1. The van der Waals surface area contributed by atoms with Crippen molar-refractivity contribution in [1.29, 1.82) is 0 Å². The minimum Gasteiger partial charge on any atom is -0.383 e. The average Bonchev–Trinajstić information content (AvgIpc) is 3.22. The van der Waals surface area contributed by atoms with Crippen LogP contribution < -0.4 is 11.1 Å². The first-order chi connectivity index (χ1) is 18.7. The Hall–Kier alpha value is -4.24. The fraction of sp³-hybridized carbons (Fsp3) is 0.300. The predicted molar refractivity (Wildman–Crippen MR) is 153 cm³/mol. The summed E-state index contributed by atoms with van der Waals surface area (Å²) in [6.07, 6.45) is 3.55. The van der Waals surface area contributed by atoms with Crippen molar-refractivity contribution < 1.29 is 14.3 Å². The molecule has 1 amide bonds. The van der Waals surface area contributed by atoms with Crippen LogP contribution in [-0.2, 0) is 7.05 Å². The van der Waals surface area contributed by atoms with Gasteiger partial charge in [-0.25, -0.2) is 14.4 Å². The van der Waals surface area contributed by atoms with E-state index in [2.05, 4.69) is 28.8 Å². The van der Waals surface area contributed by atoms with Crippen LogP contribution in [0.4, 0.5) is 15.9 Å². The number of anilines is 2. The number of amides is 1. The zero-order chi connectivity index (χ0) is 27.8. The molecule has 2 aromatic carbocycles. The number of nitrogens with zero attached hydrogens (tertiary/aromatic N) is 4. The van der Waals surface area contributed by atoms with Crippen LogP contribution in [0.15, 0.2) is 60.9 Å². The fourth-order valence-corrected chi connectivity index (χ4v) is 5.30. The maximum absolute atomic E-state index is 15.6. The summed E-state index contributed by atoms with van der Waals surface area (Å²) < 4.78 is 17.4. The molecule has 2 aromatic heterocycles. The Balaban J connectivity index is 1.60. The van der Waals surface area contributed by atoms with Crippen molar-refractivity contribution in [2.45, 2.75) is 45.4 Å². The summed E-state index contributed by atoms with van der Waals surface area (Å²) in [5, 5.41) is 13.5. The van der Waals surface area contributed by atoms with Crippen LogP contribution in [0.5, 0.6) is 0 Å². The third-order valence-corrected chi connectivity index (χ3v) is 7.48. The number of halogens is 1. The largest absolute Gasteiger partial charge is 0.383 e. The Morgan fingerprint density at radius 1 is 1.21 bits per heavy atom. The minimum absolute atomic E-state index is 0.0147. The highest BCUT2D eigenvalue weighted by Crippen LogP contribution is 2.42. The van der Waals surface area contributed by atoms with Crippen LogP contribution >= 0.6 is 0 Å². The van der Waals surface area contributed by atoms with E-state index in [1.54, 1.807) is 30.7 Å². The molecule has 0 radical (unpaired) electrons. The SMILES string of the molecule is C=C(C)C(O)Nc1ccc(-c2c(-c3ccc(C(=O)N4CCCC[C@H]4C)cc3)c3c(N)ncnc3n2C)c(F)c1. The lowest BCUT2D eigenvalue weighted by Crippen LogP contribution is -2.41. The first-order valence-electron chi connectivity index (χ1n) is 13.1. The molecule has 1 aliphatic rings. The Bertz CT molecular complexity index is 1560. The molecule has 9 heteroatoms. The second-order valence-corrected chi connectivity index (χ2v) is 10.2. The molecule has 4 N–H and O–H groups in total. The fourth-order valence-electron chi connectivity index (χ4n) is 5.30. The second-order valence-electron chi connectivity index (χ2n) is 10.2.